The van der Waals surface area contributed by atoms with E-state index in [-0.39, 0.29) is 11.5 Å². The molecule has 0 unspecified atom stereocenters. The molecule has 114 valence electrons. The lowest BCUT2D eigenvalue weighted by Crippen LogP contribution is -2.19. The highest BCUT2D eigenvalue weighted by molar-refractivity contribution is 6.04. The summed E-state index contributed by atoms with van der Waals surface area (Å²) in [5.74, 6) is 0.940. The molecule has 2 heterocycles. The minimum absolute atomic E-state index is 0.230. The van der Waals surface area contributed by atoms with Crippen molar-refractivity contribution in [2.24, 2.45) is 7.05 Å². The molecule has 0 fully saturated rings. The van der Waals surface area contributed by atoms with Gasteiger partial charge >= 0.3 is 0 Å². The summed E-state index contributed by atoms with van der Waals surface area (Å²) >= 11 is 0. The Morgan fingerprint density at radius 3 is 2.68 bits per heavy atom. The number of fused-ring (bicyclic) bond motifs is 1. The lowest BCUT2D eigenvalue weighted by atomic mass is 10.2. The third-order valence-electron chi connectivity index (χ3n) is 3.37. The van der Waals surface area contributed by atoms with Crippen LogP contribution in [0.1, 0.15) is 16.8 Å². The monoisotopic (exact) mass is 300 g/mol. The normalized spacial score (nSPS) is 13.3. The van der Waals surface area contributed by atoms with Crippen molar-refractivity contribution in [3.05, 3.63) is 52.4 Å². The van der Waals surface area contributed by atoms with Crippen LogP contribution in [-0.2, 0) is 7.05 Å². The zero-order chi connectivity index (χ0) is 15.5. The quantitative estimate of drug-likeness (QED) is 0.918. The van der Waals surface area contributed by atoms with Gasteiger partial charge in [0, 0.05) is 43.0 Å². The van der Waals surface area contributed by atoms with E-state index in [1.165, 1.54) is 10.6 Å². The Balaban J connectivity index is 1.80. The van der Waals surface area contributed by atoms with E-state index < -0.39 is 0 Å². The molecule has 0 radical (unpaired) electrons. The van der Waals surface area contributed by atoms with Gasteiger partial charge in [-0.15, -0.1) is 0 Å². The van der Waals surface area contributed by atoms with Crippen LogP contribution in [0.25, 0.3) is 0 Å². The fraction of sp³-hybridized carbons (Fsp3) is 0.250. The average molecular weight is 300 g/mol. The number of amides is 1. The predicted octanol–water partition coefficient (Wildman–Crippen LogP) is 1.80. The second-order valence-corrected chi connectivity index (χ2v) is 5.03. The van der Waals surface area contributed by atoms with E-state index in [1.54, 1.807) is 37.5 Å². The van der Waals surface area contributed by atoms with Crippen molar-refractivity contribution in [3.63, 3.8) is 0 Å². The van der Waals surface area contributed by atoms with Crippen molar-refractivity contribution in [2.45, 2.75) is 6.42 Å². The highest BCUT2D eigenvalue weighted by Crippen LogP contribution is 2.32. The number of pyridine rings is 1. The number of rotatable bonds is 2. The van der Waals surface area contributed by atoms with Crippen molar-refractivity contribution in [1.82, 2.24) is 4.57 Å². The third-order valence-corrected chi connectivity index (χ3v) is 3.37. The van der Waals surface area contributed by atoms with E-state index >= 15 is 0 Å². The largest absolute Gasteiger partial charge is 0.490 e. The molecule has 1 amide bonds. The summed E-state index contributed by atoms with van der Waals surface area (Å²) in [5.41, 5.74) is 0.677. The lowest BCUT2D eigenvalue weighted by molar-refractivity contribution is 0.102. The summed E-state index contributed by atoms with van der Waals surface area (Å²) in [4.78, 5) is 23.8. The number of ether oxygens (including phenoxy) is 2. The SMILES string of the molecule is Cn1ccc(C(=O)Nc2ccc3c(c2)OCCCO3)cc1=O. The van der Waals surface area contributed by atoms with Gasteiger partial charge in [-0.05, 0) is 18.2 Å². The second-order valence-electron chi connectivity index (χ2n) is 5.03. The van der Waals surface area contributed by atoms with E-state index in [2.05, 4.69) is 5.32 Å². The second kappa shape index (κ2) is 5.93. The van der Waals surface area contributed by atoms with E-state index in [1.807, 2.05) is 0 Å². The Bertz CT molecular complexity index is 767. The number of nitrogens with zero attached hydrogens (tertiary/aromatic N) is 1. The molecule has 0 atom stereocenters. The van der Waals surface area contributed by atoms with Gasteiger partial charge in [0.15, 0.2) is 11.5 Å². The third kappa shape index (κ3) is 2.95. The van der Waals surface area contributed by atoms with E-state index in [0.29, 0.717) is 36.0 Å². The van der Waals surface area contributed by atoms with Crippen LogP contribution in [0.3, 0.4) is 0 Å². The zero-order valence-corrected chi connectivity index (χ0v) is 12.2. The van der Waals surface area contributed by atoms with Crippen molar-refractivity contribution in [3.8, 4) is 11.5 Å². The summed E-state index contributed by atoms with van der Waals surface area (Å²) < 4.78 is 12.5. The Hall–Kier alpha value is -2.76. The van der Waals surface area contributed by atoms with E-state index in [0.717, 1.165) is 6.42 Å². The van der Waals surface area contributed by atoms with Gasteiger partial charge in [0.05, 0.1) is 13.2 Å². The summed E-state index contributed by atoms with van der Waals surface area (Å²) in [5, 5.41) is 2.75. The first kappa shape index (κ1) is 14.2. The highest BCUT2D eigenvalue weighted by Gasteiger charge is 2.13. The van der Waals surface area contributed by atoms with Crippen LogP contribution in [0.2, 0.25) is 0 Å². The van der Waals surface area contributed by atoms with Crippen LogP contribution in [-0.4, -0.2) is 23.7 Å². The molecule has 1 aliphatic rings. The average Bonchev–Trinajstić information content (AvgIpc) is 2.74. The minimum atomic E-state index is -0.341. The molecule has 0 saturated heterocycles. The number of hydrogen-bond acceptors (Lipinski definition) is 4. The number of carbonyl (C=O) groups excluding carboxylic acids is 1. The van der Waals surface area contributed by atoms with Crippen LogP contribution < -0.4 is 20.3 Å². The van der Waals surface area contributed by atoms with Crippen molar-refractivity contribution in [2.75, 3.05) is 18.5 Å². The van der Waals surface area contributed by atoms with Crippen LogP contribution in [0, 0.1) is 0 Å². The zero-order valence-electron chi connectivity index (χ0n) is 12.2. The number of aryl methyl sites for hydroxylation is 1. The number of benzene rings is 1. The maximum absolute atomic E-state index is 12.2. The smallest absolute Gasteiger partial charge is 0.255 e. The highest BCUT2D eigenvalue weighted by atomic mass is 16.5. The number of anilines is 1. The molecular formula is C16H16N2O4. The fourth-order valence-electron chi connectivity index (χ4n) is 2.13. The molecule has 1 N–H and O–H groups in total. The standard InChI is InChI=1S/C16H16N2O4/c1-18-6-5-11(9-15(18)19)16(20)17-12-3-4-13-14(10-12)22-8-2-7-21-13/h3-6,9-10H,2,7-8H2,1H3,(H,17,20). The van der Waals surface area contributed by atoms with Crippen molar-refractivity contribution < 1.29 is 14.3 Å². The summed E-state index contributed by atoms with van der Waals surface area (Å²) in [6.07, 6.45) is 2.38. The summed E-state index contributed by atoms with van der Waals surface area (Å²) in [6.45, 7) is 1.20. The van der Waals surface area contributed by atoms with Crippen LogP contribution >= 0.6 is 0 Å². The molecule has 22 heavy (non-hydrogen) atoms. The van der Waals surface area contributed by atoms with Gasteiger partial charge in [-0.3, -0.25) is 9.59 Å². The van der Waals surface area contributed by atoms with Gasteiger partial charge in [-0.25, -0.2) is 0 Å². The number of carbonyl (C=O) groups is 1. The molecular weight excluding hydrogens is 284 g/mol. The first-order valence-corrected chi connectivity index (χ1v) is 7.01. The molecule has 3 rings (SSSR count). The van der Waals surface area contributed by atoms with Crippen molar-refractivity contribution in [1.29, 1.82) is 0 Å². The van der Waals surface area contributed by atoms with Gasteiger partial charge in [0.1, 0.15) is 0 Å². The minimum Gasteiger partial charge on any atom is -0.490 e. The maximum atomic E-state index is 12.2. The molecule has 0 aliphatic carbocycles. The molecule has 6 nitrogen and oxygen atoms in total. The van der Waals surface area contributed by atoms with Gasteiger partial charge in [0.25, 0.3) is 11.5 Å². The van der Waals surface area contributed by atoms with Crippen LogP contribution in [0.15, 0.2) is 41.3 Å². The topological polar surface area (TPSA) is 69.6 Å². The molecule has 1 aromatic heterocycles. The van der Waals surface area contributed by atoms with Gasteiger partial charge in [-0.1, -0.05) is 0 Å². The van der Waals surface area contributed by atoms with Gasteiger partial charge < -0.3 is 19.4 Å². The molecule has 0 spiro atoms. The first-order chi connectivity index (χ1) is 10.6. The Kier molecular flexibility index (Phi) is 3.82. The molecule has 0 bridgehead atoms. The molecule has 0 saturated carbocycles. The lowest BCUT2D eigenvalue weighted by Gasteiger charge is -2.10. The molecule has 6 heteroatoms. The summed E-state index contributed by atoms with van der Waals surface area (Å²) in [7, 11) is 1.63. The Morgan fingerprint density at radius 1 is 1.14 bits per heavy atom. The summed E-state index contributed by atoms with van der Waals surface area (Å²) in [6, 6.07) is 8.13. The van der Waals surface area contributed by atoms with Gasteiger partial charge in [0.2, 0.25) is 0 Å². The van der Waals surface area contributed by atoms with E-state index in [4.69, 9.17) is 9.47 Å². The van der Waals surface area contributed by atoms with Crippen LogP contribution in [0.4, 0.5) is 5.69 Å². The van der Waals surface area contributed by atoms with Crippen molar-refractivity contribution >= 4 is 11.6 Å². The Morgan fingerprint density at radius 2 is 1.91 bits per heavy atom. The Labute approximate surface area is 127 Å². The first-order valence-electron chi connectivity index (χ1n) is 7.01. The maximum Gasteiger partial charge on any atom is 0.255 e. The molecule has 1 aliphatic heterocycles. The molecule has 2 aromatic rings. The number of nitrogens with one attached hydrogen (secondary N) is 1. The molecule has 1 aromatic carbocycles. The predicted molar refractivity (Wildman–Crippen MR) is 81.7 cm³/mol. The van der Waals surface area contributed by atoms with Crippen LogP contribution in [0.5, 0.6) is 11.5 Å². The number of aromatic nitrogens is 1. The van der Waals surface area contributed by atoms with Gasteiger partial charge in [-0.2, -0.15) is 0 Å². The fourth-order valence-corrected chi connectivity index (χ4v) is 2.13. The number of hydrogen-bond donors (Lipinski definition) is 1. The van der Waals surface area contributed by atoms with E-state index in [9.17, 15) is 9.59 Å².